The lowest BCUT2D eigenvalue weighted by molar-refractivity contribution is -0.132. The third kappa shape index (κ3) is 2.27. The van der Waals surface area contributed by atoms with E-state index in [1.54, 1.807) is 0 Å². The van der Waals surface area contributed by atoms with Crippen molar-refractivity contribution < 1.29 is 14.0 Å². The van der Waals surface area contributed by atoms with Crippen molar-refractivity contribution in [3.8, 4) is 0 Å². The van der Waals surface area contributed by atoms with E-state index in [4.69, 9.17) is 4.42 Å². The number of benzene rings is 1. The average molecular weight is 328 g/mol. The van der Waals surface area contributed by atoms with Gasteiger partial charge in [0.05, 0.1) is 6.54 Å². The van der Waals surface area contributed by atoms with Crippen molar-refractivity contribution in [1.29, 1.82) is 0 Å². The number of para-hydroxylation sites is 2. The van der Waals surface area contributed by atoms with E-state index in [1.807, 2.05) is 38.1 Å². The number of imide groups is 1. The Hall–Kier alpha value is -2.41. The van der Waals surface area contributed by atoms with Crippen molar-refractivity contribution in [2.75, 3.05) is 13.1 Å². The maximum absolute atomic E-state index is 12.7. The Morgan fingerprint density at radius 1 is 1.33 bits per heavy atom. The van der Waals surface area contributed by atoms with Gasteiger partial charge in [-0.3, -0.25) is 14.6 Å². The number of nitrogens with zero attached hydrogens (tertiary/aromatic N) is 3. The zero-order valence-corrected chi connectivity index (χ0v) is 13.8. The molecule has 2 aliphatic heterocycles. The van der Waals surface area contributed by atoms with Crippen LogP contribution in [0, 0.1) is 0 Å². The molecule has 0 aliphatic carbocycles. The molecule has 2 aliphatic rings. The molecule has 1 spiro atoms. The first-order chi connectivity index (χ1) is 11.5. The molecule has 1 aromatic carbocycles. The number of hydrogen-bond acceptors (Lipinski definition) is 5. The number of urea groups is 1. The maximum Gasteiger partial charge on any atom is 0.325 e. The Morgan fingerprint density at radius 3 is 2.83 bits per heavy atom. The third-order valence-electron chi connectivity index (χ3n) is 4.75. The molecule has 7 nitrogen and oxygen atoms in total. The predicted molar refractivity (Wildman–Crippen MR) is 87.1 cm³/mol. The minimum atomic E-state index is -0.798. The lowest BCUT2D eigenvalue weighted by Gasteiger charge is -2.22. The van der Waals surface area contributed by atoms with Gasteiger partial charge < -0.3 is 9.73 Å². The Labute approximate surface area is 139 Å². The van der Waals surface area contributed by atoms with E-state index in [2.05, 4.69) is 15.2 Å². The summed E-state index contributed by atoms with van der Waals surface area (Å²) < 4.78 is 5.75. The van der Waals surface area contributed by atoms with Gasteiger partial charge in [0, 0.05) is 19.1 Å². The SMILES string of the molecule is CC(C)N1C(=O)N[C@@]2(CCN(Cc3nc4ccccc4o3)C2)C1=O. The Kier molecular flexibility index (Phi) is 3.35. The monoisotopic (exact) mass is 328 g/mol. The van der Waals surface area contributed by atoms with Gasteiger partial charge in [0.15, 0.2) is 5.58 Å². The van der Waals surface area contributed by atoms with Gasteiger partial charge in [-0.05, 0) is 32.4 Å². The summed E-state index contributed by atoms with van der Waals surface area (Å²) in [5.74, 6) is 0.508. The van der Waals surface area contributed by atoms with Crippen molar-refractivity contribution in [2.24, 2.45) is 0 Å². The molecule has 4 rings (SSSR count). The van der Waals surface area contributed by atoms with E-state index >= 15 is 0 Å². The fraction of sp³-hybridized carbons (Fsp3) is 0.471. The first-order valence-electron chi connectivity index (χ1n) is 8.21. The fourth-order valence-corrected chi connectivity index (χ4v) is 3.59. The molecule has 0 radical (unpaired) electrons. The molecule has 3 heterocycles. The smallest absolute Gasteiger partial charge is 0.325 e. The van der Waals surface area contributed by atoms with Crippen LogP contribution in [0.3, 0.4) is 0 Å². The number of nitrogens with one attached hydrogen (secondary N) is 1. The number of fused-ring (bicyclic) bond motifs is 1. The van der Waals surface area contributed by atoms with E-state index in [0.29, 0.717) is 25.4 Å². The van der Waals surface area contributed by atoms with Crippen LogP contribution in [0.4, 0.5) is 4.79 Å². The lowest BCUT2D eigenvalue weighted by atomic mass is 9.99. The molecule has 1 aromatic heterocycles. The molecule has 2 saturated heterocycles. The number of likely N-dealkylation sites (tertiary alicyclic amines) is 1. The summed E-state index contributed by atoms with van der Waals surface area (Å²) in [6.07, 6.45) is 0.612. The predicted octanol–water partition coefficient (Wildman–Crippen LogP) is 1.73. The van der Waals surface area contributed by atoms with Crippen LogP contribution < -0.4 is 5.32 Å². The zero-order valence-electron chi connectivity index (χ0n) is 13.8. The maximum atomic E-state index is 12.7. The Morgan fingerprint density at radius 2 is 2.12 bits per heavy atom. The van der Waals surface area contributed by atoms with Crippen LogP contribution in [0.1, 0.15) is 26.2 Å². The number of hydrogen-bond donors (Lipinski definition) is 1. The molecule has 126 valence electrons. The molecule has 0 saturated carbocycles. The highest BCUT2D eigenvalue weighted by Crippen LogP contribution is 2.30. The van der Waals surface area contributed by atoms with Gasteiger partial charge in [0.1, 0.15) is 11.1 Å². The van der Waals surface area contributed by atoms with Gasteiger partial charge in [-0.1, -0.05) is 12.1 Å². The molecule has 0 bridgehead atoms. The summed E-state index contributed by atoms with van der Waals surface area (Å²) in [5, 5.41) is 2.90. The van der Waals surface area contributed by atoms with Gasteiger partial charge >= 0.3 is 6.03 Å². The van der Waals surface area contributed by atoms with Crippen molar-refractivity contribution in [3.05, 3.63) is 30.2 Å². The highest BCUT2D eigenvalue weighted by Gasteiger charge is 2.55. The molecule has 0 unspecified atom stereocenters. The van der Waals surface area contributed by atoms with Gasteiger partial charge in [-0.15, -0.1) is 0 Å². The van der Waals surface area contributed by atoms with Crippen LogP contribution >= 0.6 is 0 Å². The number of aromatic nitrogens is 1. The average Bonchev–Trinajstić information content (AvgIpc) is 3.17. The summed E-state index contributed by atoms with van der Waals surface area (Å²) in [4.78, 5) is 32.7. The molecular weight excluding hydrogens is 308 g/mol. The van der Waals surface area contributed by atoms with Crippen LogP contribution in [0.15, 0.2) is 28.7 Å². The summed E-state index contributed by atoms with van der Waals surface area (Å²) in [5.41, 5.74) is 0.795. The fourth-order valence-electron chi connectivity index (χ4n) is 3.59. The van der Waals surface area contributed by atoms with Crippen molar-refractivity contribution in [3.63, 3.8) is 0 Å². The van der Waals surface area contributed by atoms with Gasteiger partial charge in [-0.2, -0.15) is 0 Å². The molecule has 1 atom stereocenters. The summed E-state index contributed by atoms with van der Waals surface area (Å²) in [6, 6.07) is 7.21. The second-order valence-electron chi connectivity index (χ2n) is 6.82. The molecule has 24 heavy (non-hydrogen) atoms. The summed E-state index contributed by atoms with van der Waals surface area (Å²) in [6.45, 7) is 5.43. The first kappa shape index (κ1) is 15.1. The first-order valence-corrected chi connectivity index (χ1v) is 8.21. The van der Waals surface area contributed by atoms with Crippen molar-refractivity contribution >= 4 is 23.0 Å². The molecule has 1 N–H and O–H groups in total. The van der Waals surface area contributed by atoms with E-state index < -0.39 is 5.54 Å². The zero-order chi connectivity index (χ0) is 16.9. The minimum Gasteiger partial charge on any atom is -0.439 e. The minimum absolute atomic E-state index is 0.123. The second kappa shape index (κ2) is 5.31. The largest absolute Gasteiger partial charge is 0.439 e. The van der Waals surface area contributed by atoms with Crippen molar-refractivity contribution in [1.82, 2.24) is 20.1 Å². The molecule has 7 heteroatoms. The second-order valence-corrected chi connectivity index (χ2v) is 6.82. The number of carbonyl (C=O) groups excluding carboxylic acids is 2. The number of oxazole rings is 1. The topological polar surface area (TPSA) is 78.7 Å². The van der Waals surface area contributed by atoms with Crippen LogP contribution in [-0.4, -0.2) is 51.4 Å². The Balaban J connectivity index is 1.50. The van der Waals surface area contributed by atoms with Crippen LogP contribution in [0.25, 0.3) is 11.1 Å². The van der Waals surface area contributed by atoms with Gasteiger partial charge in [-0.25, -0.2) is 9.78 Å². The van der Waals surface area contributed by atoms with E-state index in [1.165, 1.54) is 4.90 Å². The molecule has 3 amide bonds. The normalized spacial score (nSPS) is 24.7. The summed E-state index contributed by atoms with van der Waals surface area (Å²) >= 11 is 0. The highest BCUT2D eigenvalue weighted by molar-refractivity contribution is 6.07. The number of amides is 3. The van der Waals surface area contributed by atoms with Crippen LogP contribution in [-0.2, 0) is 11.3 Å². The van der Waals surface area contributed by atoms with E-state index in [0.717, 1.165) is 17.6 Å². The highest BCUT2D eigenvalue weighted by atomic mass is 16.3. The van der Waals surface area contributed by atoms with Crippen LogP contribution in [0.2, 0.25) is 0 Å². The van der Waals surface area contributed by atoms with E-state index in [-0.39, 0.29) is 18.0 Å². The summed E-state index contributed by atoms with van der Waals surface area (Å²) in [7, 11) is 0. The van der Waals surface area contributed by atoms with Gasteiger partial charge in [0.25, 0.3) is 5.91 Å². The lowest BCUT2D eigenvalue weighted by Crippen LogP contribution is -2.49. The van der Waals surface area contributed by atoms with Gasteiger partial charge in [0.2, 0.25) is 5.89 Å². The number of rotatable bonds is 3. The Bertz CT molecular complexity index is 782. The number of carbonyl (C=O) groups is 2. The van der Waals surface area contributed by atoms with Crippen LogP contribution in [0.5, 0.6) is 0 Å². The third-order valence-corrected chi connectivity index (χ3v) is 4.75. The quantitative estimate of drug-likeness (QED) is 0.868. The molecule has 2 aromatic rings. The van der Waals surface area contributed by atoms with Crippen molar-refractivity contribution in [2.45, 2.75) is 38.4 Å². The van der Waals surface area contributed by atoms with E-state index in [9.17, 15) is 9.59 Å². The molecule has 2 fully saturated rings. The molecular formula is C17H20N4O3. The standard InChI is InChI=1S/C17H20N4O3/c1-11(2)21-15(22)17(19-16(21)23)7-8-20(10-17)9-14-18-12-5-3-4-6-13(12)24-14/h3-6,11H,7-10H2,1-2H3,(H,19,23)/t17-/m1/s1.